The minimum atomic E-state index is 0.986. The Morgan fingerprint density at radius 2 is 1.50 bits per heavy atom. The van der Waals surface area contributed by atoms with Crippen LogP contribution in [-0.2, 0) is 0 Å². The number of hydrogen-bond donors (Lipinski definition) is 1. The van der Waals surface area contributed by atoms with E-state index in [1.807, 2.05) is 6.08 Å². The fraction of sp³-hybridized carbons (Fsp3) is 0.375. The van der Waals surface area contributed by atoms with E-state index in [0.29, 0.717) is 0 Å². The zero-order valence-corrected chi connectivity index (χ0v) is 11.3. The minimum Gasteiger partial charge on any atom is -0.402 e. The molecule has 2 nitrogen and oxygen atoms in total. The van der Waals surface area contributed by atoms with Crippen LogP contribution < -0.4 is 5.73 Å². The molecular weight excluding hydrogens is 220 g/mol. The van der Waals surface area contributed by atoms with Crippen LogP contribution in [0, 0.1) is 0 Å². The summed E-state index contributed by atoms with van der Waals surface area (Å²) in [4.78, 5) is 2.19. The van der Waals surface area contributed by atoms with Crippen molar-refractivity contribution in [3.8, 4) is 0 Å². The van der Waals surface area contributed by atoms with Crippen molar-refractivity contribution < 1.29 is 0 Å². The van der Waals surface area contributed by atoms with Crippen LogP contribution in [-0.4, -0.2) is 19.0 Å². The zero-order chi connectivity index (χ0) is 13.0. The molecule has 2 aliphatic carbocycles. The maximum Gasteiger partial charge on any atom is 0.0131 e. The number of nitrogens with zero attached hydrogens (tertiary/aromatic N) is 1. The molecule has 0 unspecified atom stereocenters. The molecule has 2 heteroatoms. The summed E-state index contributed by atoms with van der Waals surface area (Å²) in [5.41, 5.74) is 10.9. The number of allylic oxidation sites excluding steroid dienone is 10. The van der Waals surface area contributed by atoms with E-state index in [2.05, 4.69) is 49.4 Å². The topological polar surface area (TPSA) is 29.3 Å². The molecule has 96 valence electrons. The zero-order valence-electron chi connectivity index (χ0n) is 11.3. The van der Waals surface area contributed by atoms with E-state index in [-0.39, 0.29) is 0 Å². The average Bonchev–Trinajstić information content (AvgIpc) is 2.38. The first-order chi connectivity index (χ1) is 8.65. The van der Waals surface area contributed by atoms with E-state index in [1.165, 1.54) is 16.8 Å². The highest BCUT2D eigenvalue weighted by Crippen LogP contribution is 2.22. The van der Waals surface area contributed by atoms with Gasteiger partial charge in [0.2, 0.25) is 0 Å². The Balaban J connectivity index is 1.99. The Morgan fingerprint density at radius 1 is 0.889 bits per heavy atom. The normalized spacial score (nSPS) is 20.1. The van der Waals surface area contributed by atoms with Crippen molar-refractivity contribution in [2.24, 2.45) is 5.73 Å². The first-order valence-corrected chi connectivity index (χ1v) is 6.55. The molecule has 0 aromatic carbocycles. The molecule has 0 radical (unpaired) electrons. The SMILES string of the molecule is CN(C)C1=CC=C(/C=C/C2=CC=C(N)CC2)CC1. The van der Waals surface area contributed by atoms with E-state index in [0.717, 1.165) is 31.4 Å². The van der Waals surface area contributed by atoms with Gasteiger partial charge in [-0.1, -0.05) is 24.3 Å². The summed E-state index contributed by atoms with van der Waals surface area (Å²) >= 11 is 0. The number of hydrogen-bond acceptors (Lipinski definition) is 2. The molecule has 0 atom stereocenters. The van der Waals surface area contributed by atoms with Gasteiger partial charge in [0.1, 0.15) is 0 Å². The lowest BCUT2D eigenvalue weighted by atomic mass is 9.98. The first-order valence-electron chi connectivity index (χ1n) is 6.55. The molecular formula is C16H22N2. The summed E-state index contributed by atoms with van der Waals surface area (Å²) in [5, 5.41) is 0. The standard InChI is InChI=1S/C16H22N2/c1-18(2)16-11-7-14(8-12-16)4-3-13-5-9-15(17)10-6-13/h3-5,7,9,11H,6,8,10,12,17H2,1-2H3/b4-3+. The van der Waals surface area contributed by atoms with Crippen molar-refractivity contribution in [1.82, 2.24) is 4.90 Å². The first kappa shape index (κ1) is 12.7. The van der Waals surface area contributed by atoms with Crippen molar-refractivity contribution in [1.29, 1.82) is 0 Å². The second-order valence-electron chi connectivity index (χ2n) is 5.11. The molecule has 0 amide bonds. The summed E-state index contributed by atoms with van der Waals surface area (Å²) in [7, 11) is 4.20. The van der Waals surface area contributed by atoms with Crippen molar-refractivity contribution in [2.75, 3.05) is 14.1 Å². The van der Waals surface area contributed by atoms with Crippen LogP contribution in [0.5, 0.6) is 0 Å². The third kappa shape index (κ3) is 3.39. The summed E-state index contributed by atoms with van der Waals surface area (Å²) < 4.78 is 0. The monoisotopic (exact) mass is 242 g/mol. The Kier molecular flexibility index (Phi) is 4.08. The van der Waals surface area contributed by atoms with Crippen LogP contribution in [0.15, 0.2) is 59.0 Å². The van der Waals surface area contributed by atoms with E-state index in [1.54, 1.807) is 0 Å². The van der Waals surface area contributed by atoms with Crippen LogP contribution >= 0.6 is 0 Å². The van der Waals surface area contributed by atoms with Crippen LogP contribution in [0.3, 0.4) is 0 Å². The van der Waals surface area contributed by atoms with Crippen molar-refractivity contribution in [3.05, 3.63) is 59.0 Å². The van der Waals surface area contributed by atoms with E-state index in [4.69, 9.17) is 5.73 Å². The molecule has 0 saturated heterocycles. The van der Waals surface area contributed by atoms with Crippen molar-refractivity contribution in [2.45, 2.75) is 25.7 Å². The lowest BCUT2D eigenvalue weighted by Crippen LogP contribution is -2.12. The smallest absolute Gasteiger partial charge is 0.0131 e. The lowest BCUT2D eigenvalue weighted by molar-refractivity contribution is 0.484. The highest BCUT2D eigenvalue weighted by molar-refractivity contribution is 5.36. The molecule has 0 spiro atoms. The van der Waals surface area contributed by atoms with Gasteiger partial charge in [0.05, 0.1) is 0 Å². The Hall–Kier alpha value is -1.70. The van der Waals surface area contributed by atoms with Crippen LogP contribution in [0.25, 0.3) is 0 Å². The van der Waals surface area contributed by atoms with Crippen LogP contribution in [0.1, 0.15) is 25.7 Å². The third-order valence-electron chi connectivity index (χ3n) is 3.46. The van der Waals surface area contributed by atoms with Gasteiger partial charge in [0.15, 0.2) is 0 Å². The van der Waals surface area contributed by atoms with Crippen LogP contribution in [0.4, 0.5) is 0 Å². The molecule has 0 aliphatic heterocycles. The van der Waals surface area contributed by atoms with Gasteiger partial charge < -0.3 is 10.6 Å². The minimum absolute atomic E-state index is 0.986. The predicted octanol–water partition coefficient (Wildman–Crippen LogP) is 3.27. The predicted molar refractivity (Wildman–Crippen MR) is 77.8 cm³/mol. The quantitative estimate of drug-likeness (QED) is 0.823. The molecule has 2 aliphatic rings. The summed E-state index contributed by atoms with van der Waals surface area (Å²) in [6, 6.07) is 0. The second kappa shape index (κ2) is 5.76. The largest absolute Gasteiger partial charge is 0.402 e. The lowest BCUT2D eigenvalue weighted by Gasteiger charge is -2.20. The van der Waals surface area contributed by atoms with E-state index < -0.39 is 0 Å². The van der Waals surface area contributed by atoms with E-state index in [9.17, 15) is 0 Å². The van der Waals surface area contributed by atoms with Gasteiger partial charge in [-0.05, 0) is 49.0 Å². The summed E-state index contributed by atoms with van der Waals surface area (Å²) in [6.45, 7) is 0. The molecule has 0 saturated carbocycles. The van der Waals surface area contributed by atoms with Crippen molar-refractivity contribution >= 4 is 0 Å². The maximum atomic E-state index is 5.75. The molecule has 18 heavy (non-hydrogen) atoms. The number of nitrogens with two attached hydrogens (primary N) is 1. The van der Waals surface area contributed by atoms with Gasteiger partial charge in [0.25, 0.3) is 0 Å². The molecule has 0 fully saturated rings. The highest BCUT2D eigenvalue weighted by atomic mass is 15.1. The van der Waals surface area contributed by atoms with Gasteiger partial charge in [-0.25, -0.2) is 0 Å². The Labute approximate surface area is 110 Å². The molecule has 2 N–H and O–H groups in total. The maximum absolute atomic E-state index is 5.75. The van der Waals surface area contributed by atoms with Gasteiger partial charge in [-0.3, -0.25) is 0 Å². The molecule has 0 bridgehead atoms. The van der Waals surface area contributed by atoms with Gasteiger partial charge in [-0.2, -0.15) is 0 Å². The molecule has 2 rings (SSSR count). The van der Waals surface area contributed by atoms with Crippen LogP contribution in [0.2, 0.25) is 0 Å². The van der Waals surface area contributed by atoms with E-state index >= 15 is 0 Å². The highest BCUT2D eigenvalue weighted by Gasteiger charge is 2.06. The Bertz CT molecular complexity index is 459. The van der Waals surface area contributed by atoms with Gasteiger partial charge in [0, 0.05) is 25.5 Å². The number of rotatable bonds is 3. The molecule has 0 heterocycles. The fourth-order valence-electron chi connectivity index (χ4n) is 2.18. The third-order valence-corrected chi connectivity index (χ3v) is 3.46. The van der Waals surface area contributed by atoms with Crippen molar-refractivity contribution in [3.63, 3.8) is 0 Å². The Morgan fingerprint density at radius 3 is 1.94 bits per heavy atom. The second-order valence-corrected chi connectivity index (χ2v) is 5.11. The fourth-order valence-corrected chi connectivity index (χ4v) is 2.18. The summed E-state index contributed by atoms with van der Waals surface area (Å²) in [5.74, 6) is 0. The van der Waals surface area contributed by atoms with Gasteiger partial charge in [-0.15, -0.1) is 0 Å². The molecule has 0 aromatic heterocycles. The molecule has 0 aromatic rings. The summed E-state index contributed by atoms with van der Waals surface area (Å²) in [6.07, 6.45) is 17.4. The average molecular weight is 242 g/mol. The van der Waals surface area contributed by atoms with Gasteiger partial charge >= 0.3 is 0 Å².